The number of carbonyl (C=O) groups is 1. The van der Waals surface area contributed by atoms with Crippen molar-refractivity contribution in [3.05, 3.63) is 28.1 Å². The summed E-state index contributed by atoms with van der Waals surface area (Å²) in [7, 11) is 0. The molecule has 1 amide bonds. The lowest BCUT2D eigenvalue weighted by molar-refractivity contribution is 0.0687. The van der Waals surface area contributed by atoms with Crippen LogP contribution in [0.5, 0.6) is 0 Å². The van der Waals surface area contributed by atoms with E-state index in [0.29, 0.717) is 5.92 Å². The van der Waals surface area contributed by atoms with Gasteiger partial charge in [0, 0.05) is 13.1 Å². The Kier molecular flexibility index (Phi) is 3.89. The number of thiazole rings is 1. The van der Waals surface area contributed by atoms with E-state index in [1.165, 1.54) is 17.8 Å². The summed E-state index contributed by atoms with van der Waals surface area (Å²) in [6.45, 7) is 5.92. The summed E-state index contributed by atoms with van der Waals surface area (Å²) >= 11 is 3.20. The molecule has 106 valence electrons. The third-order valence-electron chi connectivity index (χ3n) is 3.67. The van der Waals surface area contributed by atoms with Gasteiger partial charge >= 0.3 is 0 Å². The third-order valence-corrected chi connectivity index (χ3v) is 5.85. The van der Waals surface area contributed by atoms with Gasteiger partial charge in [-0.1, -0.05) is 13.0 Å². The molecule has 2 aromatic heterocycles. The Labute approximate surface area is 127 Å². The average Bonchev–Trinajstić information content (AvgIpc) is 3.07. The molecule has 3 heterocycles. The second kappa shape index (κ2) is 5.66. The van der Waals surface area contributed by atoms with Gasteiger partial charge in [0.1, 0.15) is 9.88 Å². The first kappa shape index (κ1) is 13.8. The summed E-state index contributed by atoms with van der Waals surface area (Å²) in [6.07, 6.45) is 2.34. The number of hydrogen-bond acceptors (Lipinski definition) is 4. The van der Waals surface area contributed by atoms with Crippen LogP contribution >= 0.6 is 22.7 Å². The normalized spacial score (nSPS) is 19.3. The van der Waals surface area contributed by atoms with Gasteiger partial charge in [-0.05, 0) is 37.1 Å². The van der Waals surface area contributed by atoms with E-state index in [9.17, 15) is 4.79 Å². The Morgan fingerprint density at radius 2 is 2.35 bits per heavy atom. The molecule has 0 radical (unpaired) electrons. The van der Waals surface area contributed by atoms with Gasteiger partial charge in [0.05, 0.1) is 10.6 Å². The minimum absolute atomic E-state index is 0.161. The minimum Gasteiger partial charge on any atom is -0.338 e. The van der Waals surface area contributed by atoms with Crippen molar-refractivity contribution in [2.45, 2.75) is 26.7 Å². The van der Waals surface area contributed by atoms with E-state index in [1.54, 1.807) is 11.3 Å². The molecule has 0 N–H and O–H groups in total. The molecule has 0 spiro atoms. The molecule has 3 nitrogen and oxygen atoms in total. The fourth-order valence-corrected chi connectivity index (χ4v) is 4.45. The number of aryl methyl sites for hydroxylation is 1. The highest BCUT2D eigenvalue weighted by Gasteiger charge is 2.25. The van der Waals surface area contributed by atoms with Crippen LogP contribution in [0.2, 0.25) is 0 Å². The zero-order valence-corrected chi connectivity index (χ0v) is 13.4. The molecular formula is C15H18N2OS2. The molecule has 1 aliphatic rings. The molecule has 1 atom stereocenters. The van der Waals surface area contributed by atoms with Gasteiger partial charge in [-0.15, -0.1) is 22.7 Å². The third kappa shape index (κ3) is 2.65. The highest BCUT2D eigenvalue weighted by atomic mass is 32.1. The predicted octanol–water partition coefficient (Wildman–Crippen LogP) is 4.05. The summed E-state index contributed by atoms with van der Waals surface area (Å²) in [4.78, 5) is 21.2. The van der Waals surface area contributed by atoms with E-state index >= 15 is 0 Å². The zero-order chi connectivity index (χ0) is 14.1. The van der Waals surface area contributed by atoms with Crippen LogP contribution in [0.1, 0.15) is 35.1 Å². The molecule has 1 fully saturated rings. The SMILES string of the molecule is Cc1nc(-c2cccs2)sc1C(=O)N1CCCC(C)C1. The van der Waals surface area contributed by atoms with Gasteiger partial charge in [-0.25, -0.2) is 4.98 Å². The molecule has 0 saturated carbocycles. The molecule has 0 bridgehead atoms. The molecule has 20 heavy (non-hydrogen) atoms. The van der Waals surface area contributed by atoms with Crippen LogP contribution in [-0.4, -0.2) is 28.9 Å². The van der Waals surface area contributed by atoms with E-state index in [0.717, 1.165) is 40.0 Å². The lowest BCUT2D eigenvalue weighted by Crippen LogP contribution is -2.39. The smallest absolute Gasteiger partial charge is 0.265 e. The molecule has 3 rings (SSSR count). The number of piperidine rings is 1. The summed E-state index contributed by atoms with van der Waals surface area (Å²) in [5.41, 5.74) is 0.863. The lowest BCUT2D eigenvalue weighted by atomic mass is 10.0. The maximum Gasteiger partial charge on any atom is 0.265 e. The first-order chi connectivity index (χ1) is 9.65. The highest BCUT2D eigenvalue weighted by molar-refractivity contribution is 7.22. The zero-order valence-electron chi connectivity index (χ0n) is 11.8. The van der Waals surface area contributed by atoms with Crippen molar-refractivity contribution in [1.82, 2.24) is 9.88 Å². The minimum atomic E-state index is 0.161. The first-order valence-electron chi connectivity index (χ1n) is 6.95. The van der Waals surface area contributed by atoms with Crippen molar-refractivity contribution >= 4 is 28.6 Å². The molecule has 5 heteroatoms. The fraction of sp³-hybridized carbons (Fsp3) is 0.467. The molecule has 1 unspecified atom stereocenters. The van der Waals surface area contributed by atoms with E-state index in [-0.39, 0.29) is 5.91 Å². The maximum absolute atomic E-state index is 12.6. The Morgan fingerprint density at radius 1 is 1.50 bits per heavy atom. The van der Waals surface area contributed by atoms with Crippen LogP contribution in [0.15, 0.2) is 17.5 Å². The predicted molar refractivity (Wildman–Crippen MR) is 84.5 cm³/mol. The van der Waals surface area contributed by atoms with Crippen LogP contribution in [-0.2, 0) is 0 Å². The standard InChI is InChI=1S/C15H18N2OS2/c1-10-5-3-7-17(9-10)15(18)13-11(2)16-14(20-13)12-6-4-8-19-12/h4,6,8,10H,3,5,7,9H2,1-2H3. The Balaban J connectivity index is 1.85. The fourth-order valence-electron chi connectivity index (χ4n) is 2.62. The summed E-state index contributed by atoms with van der Waals surface area (Å²) in [6, 6.07) is 4.07. The number of likely N-dealkylation sites (tertiary alicyclic amines) is 1. The first-order valence-corrected chi connectivity index (χ1v) is 8.65. The number of nitrogens with zero attached hydrogens (tertiary/aromatic N) is 2. The van der Waals surface area contributed by atoms with Crippen molar-refractivity contribution in [1.29, 1.82) is 0 Å². The van der Waals surface area contributed by atoms with Crippen LogP contribution in [0.4, 0.5) is 0 Å². The van der Waals surface area contributed by atoms with Crippen molar-refractivity contribution in [2.24, 2.45) is 5.92 Å². The Bertz CT molecular complexity index is 603. The Morgan fingerprint density at radius 3 is 3.05 bits per heavy atom. The van der Waals surface area contributed by atoms with Gasteiger partial charge in [-0.2, -0.15) is 0 Å². The highest BCUT2D eigenvalue weighted by Crippen LogP contribution is 2.32. The number of thiophene rings is 1. The van der Waals surface area contributed by atoms with Crippen molar-refractivity contribution in [2.75, 3.05) is 13.1 Å². The topological polar surface area (TPSA) is 33.2 Å². The summed E-state index contributed by atoms with van der Waals surface area (Å²) in [5.74, 6) is 0.770. The molecule has 1 saturated heterocycles. The van der Waals surface area contributed by atoms with E-state index in [2.05, 4.69) is 18.0 Å². The average molecular weight is 306 g/mol. The number of aromatic nitrogens is 1. The van der Waals surface area contributed by atoms with Gasteiger partial charge in [0.25, 0.3) is 5.91 Å². The second-order valence-corrected chi connectivity index (χ2v) is 7.36. The molecular weight excluding hydrogens is 288 g/mol. The number of carbonyl (C=O) groups excluding carboxylic acids is 1. The summed E-state index contributed by atoms with van der Waals surface area (Å²) < 4.78 is 0. The Hall–Kier alpha value is -1.20. The van der Waals surface area contributed by atoms with Gasteiger partial charge in [-0.3, -0.25) is 4.79 Å². The number of hydrogen-bond donors (Lipinski definition) is 0. The van der Waals surface area contributed by atoms with Crippen LogP contribution in [0.25, 0.3) is 9.88 Å². The number of amides is 1. The van der Waals surface area contributed by atoms with Crippen molar-refractivity contribution in [3.8, 4) is 9.88 Å². The van der Waals surface area contributed by atoms with Crippen molar-refractivity contribution < 1.29 is 4.79 Å². The van der Waals surface area contributed by atoms with E-state index < -0.39 is 0 Å². The quantitative estimate of drug-likeness (QED) is 0.838. The summed E-state index contributed by atoms with van der Waals surface area (Å²) in [5, 5.41) is 3.01. The number of rotatable bonds is 2. The monoisotopic (exact) mass is 306 g/mol. The van der Waals surface area contributed by atoms with Gasteiger partial charge in [0.15, 0.2) is 0 Å². The molecule has 2 aromatic rings. The van der Waals surface area contributed by atoms with Crippen LogP contribution in [0.3, 0.4) is 0 Å². The second-order valence-electron chi connectivity index (χ2n) is 5.41. The van der Waals surface area contributed by atoms with Gasteiger partial charge in [0.2, 0.25) is 0 Å². The van der Waals surface area contributed by atoms with E-state index in [4.69, 9.17) is 0 Å². The molecule has 0 aromatic carbocycles. The molecule has 1 aliphatic heterocycles. The van der Waals surface area contributed by atoms with Crippen LogP contribution in [0, 0.1) is 12.8 Å². The molecule has 0 aliphatic carbocycles. The lowest BCUT2D eigenvalue weighted by Gasteiger charge is -2.30. The largest absolute Gasteiger partial charge is 0.338 e. The maximum atomic E-state index is 12.6. The van der Waals surface area contributed by atoms with Crippen LogP contribution < -0.4 is 0 Å². The van der Waals surface area contributed by atoms with Crippen molar-refractivity contribution in [3.63, 3.8) is 0 Å². The van der Waals surface area contributed by atoms with Gasteiger partial charge < -0.3 is 4.90 Å². The van der Waals surface area contributed by atoms with E-state index in [1.807, 2.05) is 23.3 Å².